The van der Waals surface area contributed by atoms with Gasteiger partial charge in [-0.1, -0.05) is 48.9 Å². The summed E-state index contributed by atoms with van der Waals surface area (Å²) in [4.78, 5) is 27.1. The Balaban J connectivity index is 1.38. The number of benzene rings is 2. The van der Waals surface area contributed by atoms with E-state index in [1.807, 2.05) is 59.5 Å². The van der Waals surface area contributed by atoms with E-state index < -0.39 is 0 Å². The zero-order valence-electron chi connectivity index (χ0n) is 16.1. The molecule has 0 radical (unpaired) electrons. The Morgan fingerprint density at radius 3 is 2.36 bits per heavy atom. The van der Waals surface area contributed by atoms with E-state index in [9.17, 15) is 9.59 Å². The quantitative estimate of drug-likeness (QED) is 0.826. The Morgan fingerprint density at radius 2 is 1.68 bits per heavy atom. The van der Waals surface area contributed by atoms with E-state index in [2.05, 4.69) is 10.6 Å². The third-order valence-corrected chi connectivity index (χ3v) is 5.99. The fourth-order valence-electron chi connectivity index (χ4n) is 4.17. The number of hydrogen-bond donors (Lipinski definition) is 2. The van der Waals surface area contributed by atoms with Crippen molar-refractivity contribution >= 4 is 17.6 Å². The largest absolute Gasteiger partial charge is 0.351 e. The lowest BCUT2D eigenvalue weighted by atomic mass is 9.64. The summed E-state index contributed by atoms with van der Waals surface area (Å²) < 4.78 is 0. The molecular formula is C23H27N3O2. The molecule has 5 heteroatoms. The summed E-state index contributed by atoms with van der Waals surface area (Å²) in [5.74, 6) is 0.0939. The second-order valence-corrected chi connectivity index (χ2v) is 7.81. The van der Waals surface area contributed by atoms with Crippen molar-refractivity contribution in [1.29, 1.82) is 0 Å². The van der Waals surface area contributed by atoms with Crippen molar-refractivity contribution in [3.63, 3.8) is 0 Å². The molecule has 0 unspecified atom stereocenters. The smallest absolute Gasteiger partial charge is 0.321 e. The molecule has 28 heavy (non-hydrogen) atoms. The monoisotopic (exact) mass is 377 g/mol. The van der Waals surface area contributed by atoms with Crippen LogP contribution in [0.5, 0.6) is 0 Å². The van der Waals surface area contributed by atoms with E-state index in [0.29, 0.717) is 6.54 Å². The summed E-state index contributed by atoms with van der Waals surface area (Å²) in [5.41, 5.74) is 2.47. The van der Waals surface area contributed by atoms with Gasteiger partial charge in [-0.2, -0.15) is 0 Å². The van der Waals surface area contributed by atoms with Crippen molar-refractivity contribution in [3.05, 3.63) is 65.7 Å². The Hall–Kier alpha value is -2.82. The Bertz CT molecular complexity index is 840. The Labute approximate surface area is 166 Å². The summed E-state index contributed by atoms with van der Waals surface area (Å²) in [6.45, 7) is 2.10. The molecule has 0 bridgehead atoms. The molecule has 2 aromatic carbocycles. The first-order valence-corrected chi connectivity index (χ1v) is 10.2. The molecule has 1 aliphatic heterocycles. The van der Waals surface area contributed by atoms with Crippen LogP contribution in [-0.2, 0) is 16.8 Å². The SMILES string of the molecule is O=C(Nc1cccc(CNC(=O)C2(c3ccccc3)CCC2)c1)N1CCCC1. The lowest BCUT2D eigenvalue weighted by Gasteiger charge is -2.40. The van der Waals surface area contributed by atoms with Gasteiger partial charge in [-0.3, -0.25) is 4.79 Å². The number of carbonyl (C=O) groups excluding carboxylic acids is 2. The van der Waals surface area contributed by atoms with Gasteiger partial charge in [-0.15, -0.1) is 0 Å². The van der Waals surface area contributed by atoms with E-state index in [0.717, 1.165) is 62.0 Å². The number of nitrogens with zero attached hydrogens (tertiary/aromatic N) is 1. The molecule has 0 atom stereocenters. The Kier molecular flexibility index (Phi) is 5.33. The number of likely N-dealkylation sites (tertiary alicyclic amines) is 1. The van der Waals surface area contributed by atoms with Gasteiger partial charge in [0, 0.05) is 25.3 Å². The van der Waals surface area contributed by atoms with Crippen LogP contribution in [0.2, 0.25) is 0 Å². The normalized spacial score (nSPS) is 17.6. The third-order valence-electron chi connectivity index (χ3n) is 5.99. The molecule has 0 spiro atoms. The summed E-state index contributed by atoms with van der Waals surface area (Å²) in [7, 11) is 0. The van der Waals surface area contributed by atoms with Crippen molar-refractivity contribution in [2.45, 2.75) is 44.1 Å². The number of amides is 3. The van der Waals surface area contributed by atoms with Crippen molar-refractivity contribution in [3.8, 4) is 0 Å². The van der Waals surface area contributed by atoms with Crippen LogP contribution >= 0.6 is 0 Å². The van der Waals surface area contributed by atoms with Crippen LogP contribution in [-0.4, -0.2) is 29.9 Å². The van der Waals surface area contributed by atoms with Crippen molar-refractivity contribution in [1.82, 2.24) is 10.2 Å². The van der Waals surface area contributed by atoms with Crippen LogP contribution < -0.4 is 10.6 Å². The van der Waals surface area contributed by atoms with Crippen molar-refractivity contribution in [2.24, 2.45) is 0 Å². The Morgan fingerprint density at radius 1 is 0.929 bits per heavy atom. The summed E-state index contributed by atoms with van der Waals surface area (Å²) >= 11 is 0. The fourth-order valence-corrected chi connectivity index (χ4v) is 4.17. The van der Waals surface area contributed by atoms with Gasteiger partial charge in [-0.05, 0) is 48.9 Å². The molecule has 2 fully saturated rings. The van der Waals surface area contributed by atoms with Gasteiger partial charge in [0.1, 0.15) is 0 Å². The van der Waals surface area contributed by atoms with Crippen LogP contribution in [0.3, 0.4) is 0 Å². The van der Waals surface area contributed by atoms with Gasteiger partial charge in [-0.25, -0.2) is 4.79 Å². The van der Waals surface area contributed by atoms with E-state index >= 15 is 0 Å². The molecular weight excluding hydrogens is 350 g/mol. The minimum atomic E-state index is -0.386. The number of urea groups is 1. The zero-order chi connectivity index (χ0) is 19.4. The molecule has 3 amide bonds. The predicted octanol–water partition coefficient (Wildman–Crippen LogP) is 4.05. The molecule has 2 N–H and O–H groups in total. The van der Waals surface area contributed by atoms with Crippen LogP contribution in [0.1, 0.15) is 43.2 Å². The van der Waals surface area contributed by atoms with Gasteiger partial charge in [0.15, 0.2) is 0 Å². The highest BCUT2D eigenvalue weighted by Crippen LogP contribution is 2.43. The van der Waals surface area contributed by atoms with Gasteiger partial charge < -0.3 is 15.5 Å². The average molecular weight is 377 g/mol. The van der Waals surface area contributed by atoms with E-state index in [1.165, 1.54) is 0 Å². The van der Waals surface area contributed by atoms with Crippen LogP contribution in [0.4, 0.5) is 10.5 Å². The highest BCUT2D eigenvalue weighted by atomic mass is 16.2. The molecule has 1 saturated carbocycles. The fraction of sp³-hybridized carbons (Fsp3) is 0.391. The molecule has 0 aromatic heterocycles. The average Bonchev–Trinajstić information content (AvgIpc) is 3.22. The van der Waals surface area contributed by atoms with Crippen LogP contribution in [0, 0.1) is 0 Å². The molecule has 2 aromatic rings. The number of hydrogen-bond acceptors (Lipinski definition) is 2. The maximum Gasteiger partial charge on any atom is 0.321 e. The van der Waals surface area contributed by atoms with Gasteiger partial charge in [0.25, 0.3) is 0 Å². The number of anilines is 1. The van der Waals surface area contributed by atoms with Crippen molar-refractivity contribution < 1.29 is 9.59 Å². The second-order valence-electron chi connectivity index (χ2n) is 7.81. The van der Waals surface area contributed by atoms with Crippen LogP contribution in [0.15, 0.2) is 54.6 Å². The maximum atomic E-state index is 13.0. The van der Waals surface area contributed by atoms with Gasteiger partial charge in [0.05, 0.1) is 5.41 Å². The van der Waals surface area contributed by atoms with Gasteiger partial charge >= 0.3 is 6.03 Å². The van der Waals surface area contributed by atoms with Crippen molar-refractivity contribution in [2.75, 3.05) is 18.4 Å². The highest BCUT2D eigenvalue weighted by molar-refractivity contribution is 5.90. The summed E-state index contributed by atoms with van der Waals surface area (Å²) in [6, 6.07) is 17.7. The number of carbonyl (C=O) groups is 2. The predicted molar refractivity (Wildman–Crippen MR) is 110 cm³/mol. The number of nitrogens with one attached hydrogen (secondary N) is 2. The minimum absolute atomic E-state index is 0.0452. The topological polar surface area (TPSA) is 61.4 Å². The first-order valence-electron chi connectivity index (χ1n) is 10.2. The van der Waals surface area contributed by atoms with Gasteiger partial charge in [0.2, 0.25) is 5.91 Å². The zero-order valence-corrected chi connectivity index (χ0v) is 16.1. The minimum Gasteiger partial charge on any atom is -0.351 e. The van der Waals surface area contributed by atoms with E-state index in [4.69, 9.17) is 0 Å². The molecule has 4 rings (SSSR count). The molecule has 2 aliphatic rings. The first-order chi connectivity index (χ1) is 13.7. The summed E-state index contributed by atoms with van der Waals surface area (Å²) in [6.07, 6.45) is 5.02. The first kappa shape index (κ1) is 18.5. The molecule has 1 heterocycles. The highest BCUT2D eigenvalue weighted by Gasteiger charge is 2.45. The lowest BCUT2D eigenvalue weighted by Crippen LogP contribution is -2.48. The molecule has 1 saturated heterocycles. The van der Waals surface area contributed by atoms with Crippen LogP contribution in [0.25, 0.3) is 0 Å². The number of rotatable bonds is 5. The summed E-state index contributed by atoms with van der Waals surface area (Å²) in [5, 5.41) is 6.08. The lowest BCUT2D eigenvalue weighted by molar-refractivity contribution is -0.130. The van der Waals surface area contributed by atoms with E-state index in [-0.39, 0.29) is 17.4 Å². The molecule has 146 valence electrons. The molecule has 1 aliphatic carbocycles. The third kappa shape index (κ3) is 3.75. The standard InChI is InChI=1S/C23H27N3O2/c27-21(23(12-7-13-23)19-9-2-1-3-10-19)24-17-18-8-6-11-20(16-18)25-22(28)26-14-4-5-15-26/h1-3,6,8-11,16H,4-5,7,12-15,17H2,(H,24,27)(H,25,28). The van der Waals surface area contributed by atoms with E-state index in [1.54, 1.807) is 0 Å². The second kappa shape index (κ2) is 8.05. The maximum absolute atomic E-state index is 13.0. The molecule has 5 nitrogen and oxygen atoms in total.